The van der Waals surface area contributed by atoms with Crippen molar-refractivity contribution in [2.75, 3.05) is 12.4 Å². The van der Waals surface area contributed by atoms with E-state index in [0.29, 0.717) is 5.56 Å². The van der Waals surface area contributed by atoms with Crippen LogP contribution >= 0.6 is 0 Å². The van der Waals surface area contributed by atoms with Gasteiger partial charge in [0.05, 0.1) is 11.6 Å². The molecular formula is C16H14N2. The SMILES string of the molecule is CNc1ccc(/C=C/c2ccc(C#N)cc2)cc1. The van der Waals surface area contributed by atoms with Gasteiger partial charge in [-0.25, -0.2) is 0 Å². The van der Waals surface area contributed by atoms with Crippen molar-refractivity contribution in [2.45, 2.75) is 0 Å². The summed E-state index contributed by atoms with van der Waals surface area (Å²) in [6.45, 7) is 0. The maximum Gasteiger partial charge on any atom is 0.0991 e. The summed E-state index contributed by atoms with van der Waals surface area (Å²) in [5.74, 6) is 0. The highest BCUT2D eigenvalue weighted by molar-refractivity contribution is 5.70. The first-order chi connectivity index (χ1) is 8.81. The summed E-state index contributed by atoms with van der Waals surface area (Å²) in [5.41, 5.74) is 4.03. The first-order valence-corrected chi connectivity index (χ1v) is 5.78. The molecule has 0 aliphatic rings. The molecule has 2 rings (SSSR count). The van der Waals surface area contributed by atoms with Crippen LogP contribution in [0.4, 0.5) is 5.69 Å². The Hall–Kier alpha value is -2.53. The molecular weight excluding hydrogens is 220 g/mol. The van der Waals surface area contributed by atoms with Crippen molar-refractivity contribution in [1.82, 2.24) is 0 Å². The Balaban J connectivity index is 2.11. The molecule has 0 bridgehead atoms. The molecule has 0 heterocycles. The van der Waals surface area contributed by atoms with Crippen molar-refractivity contribution in [3.05, 3.63) is 65.2 Å². The summed E-state index contributed by atoms with van der Waals surface area (Å²) in [7, 11) is 1.90. The van der Waals surface area contributed by atoms with E-state index in [1.165, 1.54) is 0 Å². The second-order valence-corrected chi connectivity index (χ2v) is 3.94. The van der Waals surface area contributed by atoms with Gasteiger partial charge in [-0.05, 0) is 35.4 Å². The van der Waals surface area contributed by atoms with Gasteiger partial charge < -0.3 is 5.32 Å². The summed E-state index contributed by atoms with van der Waals surface area (Å²) in [5, 5.41) is 11.8. The smallest absolute Gasteiger partial charge is 0.0991 e. The first kappa shape index (κ1) is 11.9. The van der Waals surface area contributed by atoms with Gasteiger partial charge in [0, 0.05) is 12.7 Å². The molecule has 0 aliphatic carbocycles. The zero-order valence-corrected chi connectivity index (χ0v) is 10.2. The number of rotatable bonds is 3. The van der Waals surface area contributed by atoms with Crippen LogP contribution in [-0.4, -0.2) is 7.05 Å². The molecule has 0 aromatic heterocycles. The van der Waals surface area contributed by atoms with E-state index in [1.807, 2.05) is 49.5 Å². The Bertz CT molecular complexity index is 572. The zero-order chi connectivity index (χ0) is 12.8. The number of hydrogen-bond acceptors (Lipinski definition) is 2. The average molecular weight is 234 g/mol. The molecule has 2 heteroatoms. The number of anilines is 1. The fraction of sp³-hybridized carbons (Fsp3) is 0.0625. The van der Waals surface area contributed by atoms with Crippen LogP contribution < -0.4 is 5.32 Å². The lowest BCUT2D eigenvalue weighted by Crippen LogP contribution is -1.86. The largest absolute Gasteiger partial charge is 0.388 e. The average Bonchev–Trinajstić information content (AvgIpc) is 2.46. The topological polar surface area (TPSA) is 35.8 Å². The van der Waals surface area contributed by atoms with Gasteiger partial charge in [0.15, 0.2) is 0 Å². The number of nitriles is 1. The predicted molar refractivity (Wildman–Crippen MR) is 76.1 cm³/mol. The van der Waals surface area contributed by atoms with Crippen molar-refractivity contribution < 1.29 is 0 Å². The molecule has 0 unspecified atom stereocenters. The Labute approximate surface area is 107 Å². The normalized spacial score (nSPS) is 10.2. The molecule has 0 spiro atoms. The van der Waals surface area contributed by atoms with Crippen LogP contribution in [-0.2, 0) is 0 Å². The van der Waals surface area contributed by atoms with Crippen LogP contribution in [0.1, 0.15) is 16.7 Å². The highest BCUT2D eigenvalue weighted by atomic mass is 14.8. The van der Waals surface area contributed by atoms with E-state index in [-0.39, 0.29) is 0 Å². The molecule has 0 fully saturated rings. The van der Waals surface area contributed by atoms with E-state index in [9.17, 15) is 0 Å². The van der Waals surface area contributed by atoms with Crippen molar-refractivity contribution in [3.63, 3.8) is 0 Å². The van der Waals surface area contributed by atoms with Gasteiger partial charge in [-0.3, -0.25) is 0 Å². The fourth-order valence-electron chi connectivity index (χ4n) is 1.62. The van der Waals surface area contributed by atoms with E-state index in [0.717, 1.165) is 16.8 Å². The van der Waals surface area contributed by atoms with E-state index in [4.69, 9.17) is 5.26 Å². The van der Waals surface area contributed by atoms with E-state index < -0.39 is 0 Å². The van der Waals surface area contributed by atoms with Crippen LogP contribution in [0.5, 0.6) is 0 Å². The highest BCUT2D eigenvalue weighted by Gasteiger charge is 1.91. The van der Waals surface area contributed by atoms with E-state index in [1.54, 1.807) is 0 Å². The van der Waals surface area contributed by atoms with Crippen LogP contribution in [0, 0.1) is 11.3 Å². The second kappa shape index (κ2) is 5.70. The Morgan fingerprint density at radius 2 is 1.39 bits per heavy atom. The molecule has 0 atom stereocenters. The van der Waals surface area contributed by atoms with E-state index in [2.05, 4.69) is 29.6 Å². The van der Waals surface area contributed by atoms with Gasteiger partial charge in [0.2, 0.25) is 0 Å². The van der Waals surface area contributed by atoms with Crippen LogP contribution in [0.2, 0.25) is 0 Å². The quantitative estimate of drug-likeness (QED) is 0.820. The van der Waals surface area contributed by atoms with Gasteiger partial charge in [0.25, 0.3) is 0 Å². The lowest BCUT2D eigenvalue weighted by molar-refractivity contribution is 1.48. The molecule has 2 nitrogen and oxygen atoms in total. The lowest BCUT2D eigenvalue weighted by atomic mass is 10.1. The minimum atomic E-state index is 0.686. The number of nitrogens with one attached hydrogen (secondary N) is 1. The maximum atomic E-state index is 8.71. The van der Waals surface area contributed by atoms with Crippen molar-refractivity contribution >= 4 is 17.8 Å². The van der Waals surface area contributed by atoms with Gasteiger partial charge in [-0.1, -0.05) is 36.4 Å². The third-order valence-corrected chi connectivity index (χ3v) is 2.71. The molecule has 1 N–H and O–H groups in total. The number of hydrogen-bond donors (Lipinski definition) is 1. The van der Waals surface area contributed by atoms with Gasteiger partial charge in [-0.2, -0.15) is 5.26 Å². The Morgan fingerprint density at radius 3 is 1.83 bits per heavy atom. The molecule has 0 amide bonds. The summed E-state index contributed by atoms with van der Waals surface area (Å²) in [6, 6.07) is 17.8. The molecule has 2 aromatic carbocycles. The molecule has 88 valence electrons. The molecule has 0 aliphatic heterocycles. The van der Waals surface area contributed by atoms with E-state index >= 15 is 0 Å². The maximum absolute atomic E-state index is 8.71. The predicted octanol–water partition coefficient (Wildman–Crippen LogP) is 3.77. The molecule has 0 saturated carbocycles. The third kappa shape index (κ3) is 2.99. The Morgan fingerprint density at radius 1 is 0.889 bits per heavy atom. The first-order valence-electron chi connectivity index (χ1n) is 5.78. The van der Waals surface area contributed by atoms with Crippen LogP contribution in [0.15, 0.2) is 48.5 Å². The summed E-state index contributed by atoms with van der Waals surface area (Å²) in [4.78, 5) is 0. The van der Waals surface area contributed by atoms with Gasteiger partial charge in [0.1, 0.15) is 0 Å². The highest BCUT2D eigenvalue weighted by Crippen LogP contribution is 2.12. The number of nitrogens with zero attached hydrogens (tertiary/aromatic N) is 1. The van der Waals surface area contributed by atoms with Gasteiger partial charge in [-0.15, -0.1) is 0 Å². The van der Waals surface area contributed by atoms with Crippen molar-refractivity contribution in [3.8, 4) is 6.07 Å². The minimum absolute atomic E-state index is 0.686. The molecule has 18 heavy (non-hydrogen) atoms. The zero-order valence-electron chi connectivity index (χ0n) is 10.2. The van der Waals surface area contributed by atoms with Crippen LogP contribution in [0.3, 0.4) is 0 Å². The monoisotopic (exact) mass is 234 g/mol. The standard InChI is InChI=1S/C16H14N2/c1-18-16-10-8-14(9-11-16)3-2-13-4-6-15(12-17)7-5-13/h2-11,18H,1H3/b3-2+. The van der Waals surface area contributed by atoms with Crippen molar-refractivity contribution in [1.29, 1.82) is 5.26 Å². The Kier molecular flexibility index (Phi) is 3.78. The fourth-order valence-corrected chi connectivity index (χ4v) is 1.62. The summed E-state index contributed by atoms with van der Waals surface area (Å²) in [6.07, 6.45) is 4.09. The molecule has 0 radical (unpaired) electrons. The number of benzene rings is 2. The summed E-state index contributed by atoms with van der Waals surface area (Å²) >= 11 is 0. The second-order valence-electron chi connectivity index (χ2n) is 3.94. The molecule has 0 saturated heterocycles. The third-order valence-electron chi connectivity index (χ3n) is 2.71. The molecule has 2 aromatic rings. The summed E-state index contributed by atoms with van der Waals surface area (Å²) < 4.78 is 0. The lowest BCUT2D eigenvalue weighted by Gasteiger charge is -1.99. The van der Waals surface area contributed by atoms with Gasteiger partial charge >= 0.3 is 0 Å². The van der Waals surface area contributed by atoms with Crippen molar-refractivity contribution in [2.24, 2.45) is 0 Å². The van der Waals surface area contributed by atoms with Crippen LogP contribution in [0.25, 0.3) is 12.2 Å². The minimum Gasteiger partial charge on any atom is -0.388 e.